The fraction of sp³-hybridized carbons (Fsp3) is 0.400. The van der Waals surface area contributed by atoms with Crippen molar-refractivity contribution in [2.45, 2.75) is 38.6 Å². The monoisotopic (exact) mass is 434 g/mol. The normalized spacial score (nSPS) is 17.7. The maximum Gasteiger partial charge on any atom is 0.357 e. The SMILES string of the molecule is C=N.CCOC(=O)c1csc(C2CC[C@@H](C)N(C(=O)c3ccccc3N)C2)n1.NN. The van der Waals surface area contributed by atoms with Crippen molar-refractivity contribution in [1.82, 2.24) is 9.88 Å². The molecule has 7 N–H and O–H groups in total. The van der Waals surface area contributed by atoms with Crippen LogP contribution in [0.4, 0.5) is 5.69 Å². The maximum atomic E-state index is 13.0. The van der Waals surface area contributed by atoms with E-state index in [0.717, 1.165) is 17.8 Å². The van der Waals surface area contributed by atoms with E-state index in [1.807, 2.05) is 17.0 Å². The molecule has 1 aromatic carbocycles. The Kier molecular flexibility index (Phi) is 10.7. The quantitative estimate of drug-likeness (QED) is 0.189. The van der Waals surface area contributed by atoms with Gasteiger partial charge >= 0.3 is 5.97 Å². The molecule has 1 fully saturated rings. The molecule has 30 heavy (non-hydrogen) atoms. The smallest absolute Gasteiger partial charge is 0.357 e. The summed E-state index contributed by atoms with van der Waals surface area (Å²) < 4.78 is 5.00. The van der Waals surface area contributed by atoms with E-state index in [0.29, 0.717) is 30.1 Å². The van der Waals surface area contributed by atoms with Crippen LogP contribution in [-0.4, -0.2) is 47.7 Å². The van der Waals surface area contributed by atoms with E-state index in [2.05, 4.69) is 30.3 Å². The lowest BCUT2D eigenvalue weighted by atomic mass is 9.93. The summed E-state index contributed by atoms with van der Waals surface area (Å²) in [6, 6.07) is 7.29. The average Bonchev–Trinajstić information content (AvgIpc) is 3.27. The topological polar surface area (TPSA) is 161 Å². The van der Waals surface area contributed by atoms with Crippen LogP contribution in [0.3, 0.4) is 0 Å². The Balaban J connectivity index is 0.00000106. The molecule has 1 saturated heterocycles. The molecule has 10 heteroatoms. The molecule has 2 atom stereocenters. The first-order valence-corrected chi connectivity index (χ1v) is 10.4. The molecule has 2 aromatic rings. The molecule has 0 aliphatic carbocycles. The fourth-order valence-electron chi connectivity index (χ4n) is 3.21. The summed E-state index contributed by atoms with van der Waals surface area (Å²) in [5.74, 6) is 7.67. The van der Waals surface area contributed by atoms with E-state index < -0.39 is 5.97 Å². The lowest BCUT2D eigenvalue weighted by molar-refractivity contribution is 0.0517. The summed E-state index contributed by atoms with van der Waals surface area (Å²) in [5.41, 5.74) is 7.34. The zero-order valence-corrected chi connectivity index (χ0v) is 18.2. The number of ether oxygens (including phenoxy) is 1. The van der Waals surface area contributed by atoms with Gasteiger partial charge in [0.05, 0.1) is 17.2 Å². The van der Waals surface area contributed by atoms with Gasteiger partial charge in [0.15, 0.2) is 5.69 Å². The molecule has 164 valence electrons. The van der Waals surface area contributed by atoms with Crippen LogP contribution in [0.2, 0.25) is 0 Å². The van der Waals surface area contributed by atoms with E-state index in [1.165, 1.54) is 11.3 Å². The molecule has 0 spiro atoms. The van der Waals surface area contributed by atoms with Gasteiger partial charge in [0, 0.05) is 29.6 Å². The highest BCUT2D eigenvalue weighted by Crippen LogP contribution is 2.33. The van der Waals surface area contributed by atoms with Crippen LogP contribution in [-0.2, 0) is 4.74 Å². The maximum absolute atomic E-state index is 13.0. The number of para-hydroxylation sites is 1. The Morgan fingerprint density at radius 1 is 1.30 bits per heavy atom. The predicted octanol–water partition coefficient (Wildman–Crippen LogP) is 2.39. The number of rotatable bonds is 4. The number of nitrogens with two attached hydrogens (primary N) is 3. The number of aromatic nitrogens is 1. The van der Waals surface area contributed by atoms with Crippen molar-refractivity contribution in [3.05, 3.63) is 45.9 Å². The molecule has 3 rings (SSSR count). The number of benzene rings is 1. The summed E-state index contributed by atoms with van der Waals surface area (Å²) in [6.45, 7) is 7.23. The van der Waals surface area contributed by atoms with Gasteiger partial charge in [0.25, 0.3) is 5.91 Å². The van der Waals surface area contributed by atoms with Crippen LogP contribution in [0.5, 0.6) is 0 Å². The molecule has 1 aliphatic rings. The zero-order valence-electron chi connectivity index (χ0n) is 17.3. The van der Waals surface area contributed by atoms with Crippen molar-refractivity contribution in [3.8, 4) is 0 Å². The molecule has 1 aromatic heterocycles. The number of piperidine rings is 1. The second-order valence-corrected chi connectivity index (χ2v) is 7.35. The fourth-order valence-corrected chi connectivity index (χ4v) is 4.13. The number of carbonyl (C=O) groups is 2. The number of nitrogens with zero attached hydrogens (tertiary/aromatic N) is 2. The van der Waals surface area contributed by atoms with Crippen molar-refractivity contribution >= 4 is 35.6 Å². The van der Waals surface area contributed by atoms with Gasteiger partial charge in [-0.3, -0.25) is 16.5 Å². The Labute approximate surface area is 180 Å². The van der Waals surface area contributed by atoms with Gasteiger partial charge in [-0.25, -0.2) is 9.78 Å². The molecule has 1 aliphatic heterocycles. The first-order chi connectivity index (χ1) is 14.5. The molecular weight excluding hydrogens is 404 g/mol. The summed E-state index contributed by atoms with van der Waals surface area (Å²) in [7, 11) is 0. The molecular formula is C20H30N6O3S. The van der Waals surface area contributed by atoms with E-state index in [4.69, 9.17) is 15.9 Å². The number of anilines is 1. The van der Waals surface area contributed by atoms with Crippen molar-refractivity contribution in [1.29, 1.82) is 5.41 Å². The van der Waals surface area contributed by atoms with Crippen LogP contribution >= 0.6 is 11.3 Å². The highest BCUT2D eigenvalue weighted by molar-refractivity contribution is 7.09. The van der Waals surface area contributed by atoms with Crippen LogP contribution in [0, 0.1) is 5.41 Å². The highest BCUT2D eigenvalue weighted by Gasteiger charge is 2.32. The Morgan fingerprint density at radius 2 is 1.97 bits per heavy atom. The standard InChI is InChI=1S/C19H23N3O3S.CH3N.H4N2/c1-3-25-19(24)16-11-26-17(21-16)13-9-8-12(2)22(10-13)18(23)14-6-4-5-7-15(14)20;2*1-2/h4-7,11-13H,3,8-10,20H2,1-2H3;2H,1H2;1-2H2/t12-,13?;;/m1../s1. The third-order valence-electron chi connectivity index (χ3n) is 4.69. The number of carbonyl (C=O) groups excluding carboxylic acids is 2. The van der Waals surface area contributed by atoms with Gasteiger partial charge < -0.3 is 20.8 Å². The summed E-state index contributed by atoms with van der Waals surface area (Å²) >= 11 is 1.45. The number of likely N-dealkylation sites (tertiary alicyclic amines) is 1. The number of nitrogen functional groups attached to an aromatic ring is 1. The largest absolute Gasteiger partial charge is 0.461 e. The summed E-state index contributed by atoms with van der Waals surface area (Å²) in [6.07, 6.45) is 1.82. The first-order valence-electron chi connectivity index (χ1n) is 9.48. The van der Waals surface area contributed by atoms with Gasteiger partial charge in [0.2, 0.25) is 0 Å². The van der Waals surface area contributed by atoms with E-state index in [-0.39, 0.29) is 17.9 Å². The number of hydrogen-bond donors (Lipinski definition) is 4. The van der Waals surface area contributed by atoms with Crippen molar-refractivity contribution in [2.75, 3.05) is 18.9 Å². The zero-order chi connectivity index (χ0) is 22.7. The predicted molar refractivity (Wildman–Crippen MR) is 120 cm³/mol. The third kappa shape index (κ3) is 6.09. The average molecular weight is 435 g/mol. The minimum atomic E-state index is -0.399. The third-order valence-corrected chi connectivity index (χ3v) is 5.70. The van der Waals surface area contributed by atoms with E-state index in [1.54, 1.807) is 24.4 Å². The van der Waals surface area contributed by atoms with Gasteiger partial charge in [-0.15, -0.1) is 11.3 Å². The van der Waals surface area contributed by atoms with Crippen molar-refractivity contribution < 1.29 is 14.3 Å². The summed E-state index contributed by atoms with van der Waals surface area (Å²) in [5, 5.41) is 8.10. The molecule has 0 radical (unpaired) electrons. The minimum Gasteiger partial charge on any atom is -0.461 e. The number of thiazole rings is 1. The van der Waals surface area contributed by atoms with Crippen LogP contribution in [0.15, 0.2) is 29.6 Å². The molecule has 0 saturated carbocycles. The van der Waals surface area contributed by atoms with Gasteiger partial charge in [-0.2, -0.15) is 0 Å². The van der Waals surface area contributed by atoms with Crippen LogP contribution in [0.25, 0.3) is 0 Å². The van der Waals surface area contributed by atoms with E-state index >= 15 is 0 Å². The number of hydrogen-bond acceptors (Lipinski definition) is 9. The summed E-state index contributed by atoms with van der Waals surface area (Å²) in [4.78, 5) is 31.1. The highest BCUT2D eigenvalue weighted by atomic mass is 32.1. The minimum absolute atomic E-state index is 0.0533. The molecule has 9 nitrogen and oxygen atoms in total. The van der Waals surface area contributed by atoms with Gasteiger partial charge in [-0.1, -0.05) is 12.1 Å². The lowest BCUT2D eigenvalue weighted by Crippen LogP contribution is -2.45. The Hall–Kier alpha value is -2.82. The van der Waals surface area contributed by atoms with Crippen LogP contribution in [0.1, 0.15) is 58.5 Å². The van der Waals surface area contributed by atoms with Crippen molar-refractivity contribution in [2.24, 2.45) is 11.7 Å². The second-order valence-electron chi connectivity index (χ2n) is 6.46. The number of amides is 1. The first kappa shape index (κ1) is 25.2. The number of nitrogens with one attached hydrogen (secondary N) is 1. The van der Waals surface area contributed by atoms with Gasteiger partial charge in [0.1, 0.15) is 0 Å². The number of esters is 1. The van der Waals surface area contributed by atoms with Gasteiger partial charge in [-0.05, 0) is 45.5 Å². The van der Waals surface area contributed by atoms with Crippen LogP contribution < -0.4 is 17.4 Å². The molecule has 1 unspecified atom stereocenters. The molecule has 1 amide bonds. The Bertz CT molecular complexity index is 828. The second kappa shape index (κ2) is 12.7. The van der Waals surface area contributed by atoms with Crippen molar-refractivity contribution in [3.63, 3.8) is 0 Å². The number of hydrazine groups is 1. The molecule has 0 bridgehead atoms. The lowest BCUT2D eigenvalue weighted by Gasteiger charge is -2.37. The Morgan fingerprint density at radius 3 is 2.60 bits per heavy atom. The van der Waals surface area contributed by atoms with E-state index in [9.17, 15) is 9.59 Å². The molecule has 2 heterocycles.